The highest BCUT2D eigenvalue weighted by atomic mass is 31.1. The van der Waals surface area contributed by atoms with Gasteiger partial charge >= 0.3 is 14.2 Å². The lowest BCUT2D eigenvalue weighted by Crippen LogP contribution is -2.00. The van der Waals surface area contributed by atoms with Gasteiger partial charge in [-0.1, -0.05) is 19.9 Å². The van der Waals surface area contributed by atoms with Crippen molar-refractivity contribution in [1.29, 1.82) is 0 Å². The van der Waals surface area contributed by atoms with Crippen LogP contribution in [-0.2, 0) is 14.1 Å². The summed E-state index contributed by atoms with van der Waals surface area (Å²) in [4.78, 5) is 24.6. The average Bonchev–Trinajstić information content (AvgIpc) is 2.03. The standard InChI is InChI=1S/C7H12O2.HO3P/c1-3-5-6-9-7(8)4-2;1-4(2)3/h4H,2-3,5-6H2,1H3;(H-,1,2,3)/p+1. The first kappa shape index (κ1) is 14.7. The Kier molecular flexibility index (Phi) is 12.7. The van der Waals surface area contributed by atoms with Gasteiger partial charge in [0.1, 0.15) is 0 Å². The lowest BCUT2D eigenvalue weighted by Gasteiger charge is -1.97. The number of carbonyl (C=O) groups is 1. The Balaban J connectivity index is 0. The molecule has 0 bridgehead atoms. The molecular weight excluding hydrogens is 195 g/mol. The summed E-state index contributed by atoms with van der Waals surface area (Å²) in [5, 5.41) is 0. The van der Waals surface area contributed by atoms with E-state index < -0.39 is 8.25 Å². The molecule has 6 heteroatoms. The minimum atomic E-state index is -2.87. The van der Waals surface area contributed by atoms with Gasteiger partial charge in [0.25, 0.3) is 0 Å². The fraction of sp³-hybridized carbons (Fsp3) is 0.571. The molecule has 0 fully saturated rings. The predicted octanol–water partition coefficient (Wildman–Crippen LogP) is 1.14. The van der Waals surface area contributed by atoms with Crippen molar-refractivity contribution in [2.45, 2.75) is 19.8 Å². The summed E-state index contributed by atoms with van der Waals surface area (Å²) >= 11 is 0. The Morgan fingerprint density at radius 1 is 1.62 bits per heavy atom. The van der Waals surface area contributed by atoms with Crippen LogP contribution < -0.4 is 0 Å². The minimum Gasteiger partial charge on any atom is -0.463 e. The van der Waals surface area contributed by atoms with Crippen LogP contribution in [0.5, 0.6) is 0 Å². The highest BCUT2D eigenvalue weighted by Crippen LogP contribution is 1.98. The maximum absolute atomic E-state index is 10.3. The molecule has 0 amide bonds. The van der Waals surface area contributed by atoms with Crippen LogP contribution in [0.25, 0.3) is 0 Å². The Hall–Kier alpha value is -0.770. The number of ether oxygens (including phenoxy) is 1. The van der Waals surface area contributed by atoms with E-state index in [4.69, 9.17) is 14.4 Å². The molecule has 0 spiro atoms. The summed E-state index contributed by atoms with van der Waals surface area (Å²) in [7, 11) is -2.87. The first-order valence-corrected chi connectivity index (χ1v) is 4.85. The molecule has 0 unspecified atom stereocenters. The smallest absolute Gasteiger partial charge is 0.463 e. The third kappa shape index (κ3) is 24.6. The summed E-state index contributed by atoms with van der Waals surface area (Å²) in [6.45, 7) is 5.82. The molecule has 0 heterocycles. The van der Waals surface area contributed by atoms with E-state index in [0.717, 1.165) is 12.8 Å². The van der Waals surface area contributed by atoms with Gasteiger partial charge in [0.05, 0.1) is 6.61 Å². The zero-order chi connectivity index (χ0) is 10.7. The molecule has 0 aliphatic heterocycles. The van der Waals surface area contributed by atoms with E-state index in [1.54, 1.807) is 0 Å². The zero-order valence-corrected chi connectivity index (χ0v) is 8.37. The molecule has 0 aromatic carbocycles. The van der Waals surface area contributed by atoms with E-state index >= 15 is 0 Å². The number of rotatable bonds is 4. The fourth-order valence-electron chi connectivity index (χ4n) is 0.376. The molecule has 0 saturated carbocycles. The van der Waals surface area contributed by atoms with Crippen molar-refractivity contribution >= 4 is 14.2 Å². The Labute approximate surface area is 78.0 Å². The monoisotopic (exact) mass is 209 g/mol. The van der Waals surface area contributed by atoms with Crippen LogP contribution in [0.1, 0.15) is 19.8 Å². The molecule has 2 N–H and O–H groups in total. The number of esters is 1. The first-order valence-electron chi connectivity index (χ1n) is 3.68. The van der Waals surface area contributed by atoms with Gasteiger partial charge in [-0.15, -0.1) is 9.79 Å². The number of unbranched alkanes of at least 4 members (excludes halogenated alkanes) is 1. The van der Waals surface area contributed by atoms with Crippen LogP contribution >= 0.6 is 8.25 Å². The molecule has 0 radical (unpaired) electrons. The van der Waals surface area contributed by atoms with Crippen molar-refractivity contribution in [2.75, 3.05) is 6.61 Å². The second kappa shape index (κ2) is 11.2. The van der Waals surface area contributed by atoms with E-state index in [2.05, 4.69) is 11.3 Å². The van der Waals surface area contributed by atoms with Crippen LogP contribution in [0, 0.1) is 0 Å². The van der Waals surface area contributed by atoms with Gasteiger partial charge in [0.2, 0.25) is 0 Å². The van der Waals surface area contributed by atoms with E-state index in [1.165, 1.54) is 6.08 Å². The number of carbonyl (C=O) groups excluding carboxylic acids is 1. The minimum absolute atomic E-state index is 0.330. The topological polar surface area (TPSA) is 83.8 Å². The molecule has 0 aliphatic rings. The summed E-state index contributed by atoms with van der Waals surface area (Å²) in [6.07, 6.45) is 3.15. The summed E-state index contributed by atoms with van der Waals surface area (Å²) in [6, 6.07) is 0. The second-order valence-electron chi connectivity index (χ2n) is 1.98. The van der Waals surface area contributed by atoms with E-state index in [0.29, 0.717) is 6.61 Å². The third-order valence-electron chi connectivity index (χ3n) is 0.909. The van der Waals surface area contributed by atoms with Gasteiger partial charge in [-0.05, 0) is 6.42 Å². The van der Waals surface area contributed by atoms with Crippen LogP contribution in [0.4, 0.5) is 0 Å². The normalized spacial score (nSPS) is 7.92. The molecule has 0 aromatic rings. The zero-order valence-electron chi connectivity index (χ0n) is 7.47. The van der Waals surface area contributed by atoms with Gasteiger partial charge in [0, 0.05) is 10.6 Å². The van der Waals surface area contributed by atoms with Crippen LogP contribution in [0.2, 0.25) is 0 Å². The SMILES string of the molecule is C=CC(=O)OCCCC.O=[P+](O)O. The highest BCUT2D eigenvalue weighted by Gasteiger charge is 1.93. The van der Waals surface area contributed by atoms with E-state index in [-0.39, 0.29) is 5.97 Å². The fourth-order valence-corrected chi connectivity index (χ4v) is 0.376. The summed E-state index contributed by atoms with van der Waals surface area (Å²) in [5.74, 6) is -0.330. The predicted molar refractivity (Wildman–Crippen MR) is 48.1 cm³/mol. The number of hydrogen-bond donors (Lipinski definition) is 2. The molecule has 13 heavy (non-hydrogen) atoms. The van der Waals surface area contributed by atoms with Gasteiger partial charge in [-0.25, -0.2) is 4.79 Å². The maximum atomic E-state index is 10.3. The third-order valence-corrected chi connectivity index (χ3v) is 0.909. The molecule has 0 aliphatic carbocycles. The Morgan fingerprint density at radius 3 is 2.38 bits per heavy atom. The first-order chi connectivity index (χ1) is 6.04. The van der Waals surface area contributed by atoms with E-state index in [9.17, 15) is 4.79 Å². The highest BCUT2D eigenvalue weighted by molar-refractivity contribution is 7.30. The summed E-state index contributed by atoms with van der Waals surface area (Å²) < 4.78 is 13.4. The van der Waals surface area contributed by atoms with Crippen molar-refractivity contribution < 1.29 is 23.9 Å². The number of hydrogen-bond acceptors (Lipinski definition) is 3. The van der Waals surface area contributed by atoms with Gasteiger partial charge in [0.15, 0.2) is 0 Å². The molecule has 0 aromatic heterocycles. The molecule has 76 valence electrons. The van der Waals surface area contributed by atoms with Gasteiger partial charge in [-0.3, -0.25) is 0 Å². The second-order valence-corrected chi connectivity index (χ2v) is 2.48. The molecule has 0 atom stereocenters. The Morgan fingerprint density at radius 2 is 2.08 bits per heavy atom. The van der Waals surface area contributed by atoms with Crippen LogP contribution in [0.15, 0.2) is 12.7 Å². The maximum Gasteiger partial charge on any atom is 0.692 e. The van der Waals surface area contributed by atoms with Crippen molar-refractivity contribution in [3.8, 4) is 0 Å². The van der Waals surface area contributed by atoms with Crippen LogP contribution in [-0.4, -0.2) is 22.4 Å². The van der Waals surface area contributed by atoms with Crippen molar-refractivity contribution in [2.24, 2.45) is 0 Å². The van der Waals surface area contributed by atoms with Crippen molar-refractivity contribution in [3.05, 3.63) is 12.7 Å². The molecule has 5 nitrogen and oxygen atoms in total. The lowest BCUT2D eigenvalue weighted by atomic mass is 10.4. The van der Waals surface area contributed by atoms with Gasteiger partial charge in [-0.2, -0.15) is 0 Å². The van der Waals surface area contributed by atoms with Crippen molar-refractivity contribution in [3.63, 3.8) is 0 Å². The largest absolute Gasteiger partial charge is 0.692 e. The Bertz CT molecular complexity index is 164. The van der Waals surface area contributed by atoms with Crippen molar-refractivity contribution in [1.82, 2.24) is 0 Å². The average molecular weight is 209 g/mol. The van der Waals surface area contributed by atoms with Crippen LogP contribution in [0.3, 0.4) is 0 Å². The van der Waals surface area contributed by atoms with E-state index in [1.807, 2.05) is 6.92 Å². The summed E-state index contributed by atoms with van der Waals surface area (Å²) in [5.41, 5.74) is 0. The molecule has 0 saturated heterocycles. The molecule has 0 rings (SSSR count). The quantitative estimate of drug-likeness (QED) is 0.314. The molecular formula is C7H14O5P+. The lowest BCUT2D eigenvalue weighted by molar-refractivity contribution is -0.137. The van der Waals surface area contributed by atoms with Gasteiger partial charge < -0.3 is 4.74 Å².